The lowest BCUT2D eigenvalue weighted by molar-refractivity contribution is -0.158. The highest BCUT2D eigenvalue weighted by Gasteiger charge is 2.55. The predicted octanol–water partition coefficient (Wildman–Crippen LogP) is 5.98. The quantitative estimate of drug-likeness (QED) is 0.298. The number of carboxylic acids is 1. The summed E-state index contributed by atoms with van der Waals surface area (Å²) >= 11 is 0. The number of ether oxygens (including phenoxy) is 2. The van der Waals surface area contributed by atoms with Crippen LogP contribution in [0.3, 0.4) is 0 Å². The second-order valence-corrected chi connectivity index (χ2v) is 12.3. The molecule has 3 atom stereocenters. The van der Waals surface area contributed by atoms with Crippen LogP contribution in [0.4, 0.5) is 4.79 Å². The van der Waals surface area contributed by atoms with Gasteiger partial charge < -0.3 is 24.8 Å². The summed E-state index contributed by atoms with van der Waals surface area (Å²) in [5.74, 6) is -1.24. The maximum absolute atomic E-state index is 14.2. The van der Waals surface area contributed by atoms with Crippen LogP contribution in [-0.4, -0.2) is 63.8 Å². The molecule has 1 saturated carbocycles. The van der Waals surface area contributed by atoms with Gasteiger partial charge in [0, 0.05) is 23.4 Å². The van der Waals surface area contributed by atoms with Crippen molar-refractivity contribution in [1.29, 1.82) is 0 Å². The summed E-state index contributed by atoms with van der Waals surface area (Å²) < 4.78 is 11.9. The lowest BCUT2D eigenvalue weighted by Crippen LogP contribution is -2.59. The Labute approximate surface area is 248 Å². The van der Waals surface area contributed by atoms with E-state index in [0.29, 0.717) is 12.3 Å². The second kappa shape index (κ2) is 13.0. The van der Waals surface area contributed by atoms with Crippen molar-refractivity contribution >= 4 is 34.8 Å². The van der Waals surface area contributed by atoms with Gasteiger partial charge in [0.25, 0.3) is 0 Å². The Balaban J connectivity index is 1.59. The summed E-state index contributed by atoms with van der Waals surface area (Å²) in [5.41, 5.74) is -0.872. The second-order valence-electron chi connectivity index (χ2n) is 12.3. The number of hydrogen-bond acceptors (Lipinski definition) is 6. The number of aromatic nitrogens is 1. The van der Waals surface area contributed by atoms with E-state index in [-0.39, 0.29) is 37.3 Å². The van der Waals surface area contributed by atoms with Crippen molar-refractivity contribution in [2.24, 2.45) is 11.3 Å². The van der Waals surface area contributed by atoms with E-state index >= 15 is 0 Å². The van der Waals surface area contributed by atoms with Gasteiger partial charge in [-0.25, -0.2) is 14.6 Å². The van der Waals surface area contributed by atoms with Gasteiger partial charge in [0.1, 0.15) is 17.7 Å². The number of alkyl carbamates (subject to hydrolysis) is 1. The largest absolute Gasteiger partial charge is 0.479 e. The summed E-state index contributed by atoms with van der Waals surface area (Å²) in [7, 11) is 0. The van der Waals surface area contributed by atoms with Gasteiger partial charge in [0.15, 0.2) is 0 Å². The van der Waals surface area contributed by atoms with Crippen molar-refractivity contribution in [3.63, 3.8) is 0 Å². The molecule has 2 aromatic rings. The van der Waals surface area contributed by atoms with Gasteiger partial charge in [-0.2, -0.15) is 0 Å². The van der Waals surface area contributed by atoms with Crippen molar-refractivity contribution in [3.8, 4) is 5.88 Å². The van der Waals surface area contributed by atoms with Gasteiger partial charge >= 0.3 is 12.1 Å². The molecule has 2 heterocycles. The van der Waals surface area contributed by atoms with E-state index in [1.807, 2.05) is 38.1 Å². The molecule has 0 unspecified atom stereocenters. The Hall–Kier alpha value is -3.88. The number of carbonyl (C=O) groups excluding carboxylic acids is 2. The maximum atomic E-state index is 14.2. The van der Waals surface area contributed by atoms with Gasteiger partial charge in [-0.1, -0.05) is 64.5 Å². The maximum Gasteiger partial charge on any atom is 0.407 e. The third kappa shape index (κ3) is 6.61. The molecule has 1 aromatic carbocycles. The molecule has 2 N–H and O–H groups in total. The van der Waals surface area contributed by atoms with Crippen LogP contribution < -0.4 is 10.1 Å². The molecule has 2 fully saturated rings. The van der Waals surface area contributed by atoms with Crippen LogP contribution in [0.5, 0.6) is 5.88 Å². The minimum Gasteiger partial charge on any atom is -0.479 e. The third-order valence-electron chi connectivity index (χ3n) is 8.69. The van der Waals surface area contributed by atoms with Crippen LogP contribution in [0, 0.1) is 11.3 Å². The lowest BCUT2D eigenvalue weighted by Gasteiger charge is -2.37. The molecule has 0 radical (unpaired) electrons. The highest BCUT2D eigenvalue weighted by atomic mass is 16.5. The van der Waals surface area contributed by atoms with E-state index in [4.69, 9.17) is 9.47 Å². The van der Waals surface area contributed by atoms with E-state index in [0.717, 1.165) is 42.0 Å². The van der Waals surface area contributed by atoms with E-state index in [1.165, 1.54) is 4.90 Å². The molecule has 1 aromatic heterocycles. The predicted molar refractivity (Wildman–Crippen MR) is 162 cm³/mol. The molecule has 9 nitrogen and oxygen atoms in total. The number of fused-ring (bicyclic) bond motifs is 1. The number of likely N-dealkylation sites (tertiary alicyclic amines) is 1. The fraction of sp³-hybridized carbons (Fsp3) is 0.515. The first-order chi connectivity index (χ1) is 20.0. The number of hydrogen-bond donors (Lipinski definition) is 2. The number of nitrogens with one attached hydrogen (secondary N) is 1. The topological polar surface area (TPSA) is 118 Å². The molecular formula is C33H43N3O6. The molecular weight excluding hydrogens is 534 g/mol. The molecule has 4 rings (SSSR count). The van der Waals surface area contributed by atoms with Gasteiger partial charge in [-0.05, 0) is 54.7 Å². The summed E-state index contributed by atoms with van der Waals surface area (Å²) in [5, 5.41) is 15.0. The molecule has 2 aliphatic rings. The van der Waals surface area contributed by atoms with Gasteiger partial charge in [0.05, 0.1) is 13.2 Å². The highest BCUT2D eigenvalue weighted by molar-refractivity contribution is 5.92. The first-order valence-electron chi connectivity index (χ1n) is 14.8. The number of pyridine rings is 1. The number of benzene rings is 1. The van der Waals surface area contributed by atoms with Crippen molar-refractivity contribution in [3.05, 3.63) is 55.3 Å². The highest BCUT2D eigenvalue weighted by Crippen LogP contribution is 2.38. The van der Waals surface area contributed by atoms with Gasteiger partial charge in [-0.15, -0.1) is 6.58 Å². The van der Waals surface area contributed by atoms with E-state index < -0.39 is 35.7 Å². The van der Waals surface area contributed by atoms with Crippen molar-refractivity contribution in [1.82, 2.24) is 15.2 Å². The van der Waals surface area contributed by atoms with Crippen LogP contribution in [0.15, 0.2) is 49.7 Å². The first-order valence-corrected chi connectivity index (χ1v) is 14.8. The minimum absolute atomic E-state index is 0.0600. The number of nitrogens with zero attached hydrogens (tertiary/aromatic N) is 2. The molecule has 2 amide bonds. The minimum atomic E-state index is -1.48. The smallest absolute Gasteiger partial charge is 0.407 e. The molecule has 0 spiro atoms. The number of rotatable bonds is 12. The number of aliphatic carboxylic acids is 1. The average Bonchev–Trinajstić information content (AvgIpc) is 3.63. The van der Waals surface area contributed by atoms with Crippen LogP contribution in [0.2, 0.25) is 0 Å². The number of carboxylic acid groups (broad SMARTS) is 1. The molecule has 1 aliphatic carbocycles. The molecule has 226 valence electrons. The van der Waals surface area contributed by atoms with Crippen molar-refractivity contribution in [2.75, 3.05) is 13.2 Å². The first kappa shape index (κ1) is 31.1. The Morgan fingerprint density at radius 3 is 2.62 bits per heavy atom. The van der Waals surface area contributed by atoms with E-state index in [1.54, 1.807) is 25.3 Å². The third-order valence-corrected chi connectivity index (χ3v) is 8.69. The zero-order valence-corrected chi connectivity index (χ0v) is 24.9. The fourth-order valence-corrected chi connectivity index (χ4v) is 6.26. The zero-order chi connectivity index (χ0) is 30.5. The summed E-state index contributed by atoms with van der Waals surface area (Å²) in [6, 6.07) is 6.81. The van der Waals surface area contributed by atoms with Gasteiger partial charge in [0.2, 0.25) is 11.8 Å². The Morgan fingerprint density at radius 2 is 1.98 bits per heavy atom. The number of allylic oxidation sites excluding steroid dienone is 1. The van der Waals surface area contributed by atoms with Crippen molar-refractivity contribution < 1.29 is 29.0 Å². The van der Waals surface area contributed by atoms with Gasteiger partial charge in [-0.3, -0.25) is 4.79 Å². The number of amides is 2. The summed E-state index contributed by atoms with van der Waals surface area (Å²) in [4.78, 5) is 45.8. The molecule has 42 heavy (non-hydrogen) atoms. The Morgan fingerprint density at radius 1 is 1.24 bits per heavy atom. The summed E-state index contributed by atoms with van der Waals surface area (Å²) in [6.45, 7) is 13.5. The Kier molecular flexibility index (Phi) is 9.59. The van der Waals surface area contributed by atoms with Crippen LogP contribution in [-0.2, 0) is 14.3 Å². The van der Waals surface area contributed by atoms with E-state index in [9.17, 15) is 19.5 Å². The number of carbonyl (C=O) groups is 3. The SMILES string of the molecule is C=CCC(C)(C)COC(=O)N[C@H](C(=O)N1C[C@H](Oc2nccc3ccc(C=C)cc23)C[C@@]1(CC)C(=O)O)C1CCCC1. The van der Waals surface area contributed by atoms with Crippen LogP contribution in [0.1, 0.15) is 71.3 Å². The van der Waals surface area contributed by atoms with Crippen molar-refractivity contribution in [2.45, 2.75) is 83.4 Å². The fourth-order valence-electron chi connectivity index (χ4n) is 6.26. The normalized spacial score (nSPS) is 21.6. The van der Waals surface area contributed by atoms with Crippen LogP contribution >= 0.6 is 0 Å². The summed E-state index contributed by atoms with van der Waals surface area (Å²) in [6.07, 6.45) is 8.26. The Bertz CT molecular complexity index is 1330. The lowest BCUT2D eigenvalue weighted by atomic mass is 9.90. The molecule has 1 aliphatic heterocycles. The monoisotopic (exact) mass is 577 g/mol. The molecule has 9 heteroatoms. The van der Waals surface area contributed by atoms with Crippen LogP contribution in [0.25, 0.3) is 16.8 Å². The average molecular weight is 578 g/mol. The molecule has 1 saturated heterocycles. The van der Waals surface area contributed by atoms with E-state index in [2.05, 4.69) is 23.5 Å². The zero-order valence-electron chi connectivity index (χ0n) is 24.9. The standard InChI is InChI=1S/C33H43N3O6/c1-6-16-32(4,5)21-41-31(40)35-27(24-11-9-10-12-24)29(37)36-20-25(19-33(36,8-3)30(38)39)42-28-26-18-22(7-2)13-14-23(26)15-17-34-28/h6-7,13-15,17-18,24-25,27H,1-2,8-12,16,19-21H2,3-5H3,(H,35,40)(H,38,39)/t25-,27+,33+/m1/s1. The molecule has 0 bridgehead atoms.